The maximum Gasteiger partial charge on any atom is 0.260 e. The van der Waals surface area contributed by atoms with Crippen molar-refractivity contribution < 1.29 is 33.6 Å². The third kappa shape index (κ3) is 6.24. The summed E-state index contributed by atoms with van der Waals surface area (Å²) >= 11 is 0. The molecule has 4 heterocycles. The first-order chi connectivity index (χ1) is 22.3. The van der Waals surface area contributed by atoms with Gasteiger partial charge in [0.1, 0.15) is 0 Å². The number of hydrogen-bond acceptors (Lipinski definition) is 9. The molecule has 6 rings (SSSR count). The van der Waals surface area contributed by atoms with Gasteiger partial charge in [-0.25, -0.2) is 0 Å². The van der Waals surface area contributed by atoms with E-state index in [2.05, 4.69) is 9.98 Å². The molecule has 46 heavy (non-hydrogen) atoms. The Labute approximate surface area is 268 Å². The number of aliphatic hydroxyl groups is 1. The lowest BCUT2D eigenvalue weighted by molar-refractivity contribution is 0.0809. The smallest absolute Gasteiger partial charge is 0.260 e. The van der Waals surface area contributed by atoms with Crippen molar-refractivity contribution >= 4 is 35.6 Å². The average molecular weight is 629 g/mol. The first-order valence-corrected chi connectivity index (χ1v) is 15.7. The van der Waals surface area contributed by atoms with Gasteiger partial charge in [-0.3, -0.25) is 19.6 Å². The number of carbonyl (C=O) groups is 2. The van der Waals surface area contributed by atoms with Crippen LogP contribution in [0.2, 0.25) is 0 Å². The highest BCUT2D eigenvalue weighted by Crippen LogP contribution is 2.40. The summed E-state index contributed by atoms with van der Waals surface area (Å²) in [6, 6.07) is 6.73. The summed E-state index contributed by atoms with van der Waals surface area (Å²) in [4.78, 5) is 39.2. The highest BCUT2D eigenvalue weighted by Gasteiger charge is 2.33. The van der Waals surface area contributed by atoms with Crippen LogP contribution in [0.4, 0.5) is 11.4 Å². The van der Waals surface area contributed by atoms with Crippen LogP contribution < -0.4 is 18.9 Å². The van der Waals surface area contributed by atoms with Crippen LogP contribution in [0.25, 0.3) is 0 Å². The van der Waals surface area contributed by atoms with Gasteiger partial charge in [0.2, 0.25) is 0 Å². The maximum atomic E-state index is 13.2. The van der Waals surface area contributed by atoms with Crippen molar-refractivity contribution in [2.75, 3.05) is 34.0 Å². The molecule has 2 amide bonds. The largest absolute Gasteiger partial charge is 0.493 e. The third-order valence-corrected chi connectivity index (χ3v) is 8.87. The molecule has 0 saturated carbocycles. The van der Waals surface area contributed by atoms with Crippen molar-refractivity contribution in [1.29, 1.82) is 0 Å². The predicted octanol–water partition coefficient (Wildman–Crippen LogP) is 5.61. The van der Waals surface area contributed by atoms with E-state index in [1.54, 1.807) is 48.3 Å². The van der Waals surface area contributed by atoms with Crippen molar-refractivity contribution in [1.82, 2.24) is 9.80 Å². The van der Waals surface area contributed by atoms with Gasteiger partial charge in [0.25, 0.3) is 11.8 Å². The van der Waals surface area contributed by atoms with Crippen LogP contribution in [0.15, 0.2) is 57.8 Å². The minimum atomic E-state index is -0.112. The minimum Gasteiger partial charge on any atom is -0.493 e. The first kappa shape index (κ1) is 31.3. The first-order valence-electron chi connectivity index (χ1n) is 15.7. The van der Waals surface area contributed by atoms with Crippen LogP contribution in [-0.4, -0.2) is 85.3 Å². The Hall–Kier alpha value is -4.64. The van der Waals surface area contributed by atoms with E-state index in [1.165, 1.54) is 0 Å². The van der Waals surface area contributed by atoms with Gasteiger partial charge >= 0.3 is 0 Å². The normalized spacial score (nSPS) is 19.6. The van der Waals surface area contributed by atoms with Crippen LogP contribution in [0, 0.1) is 5.92 Å². The third-order valence-electron chi connectivity index (χ3n) is 8.87. The van der Waals surface area contributed by atoms with Crippen molar-refractivity contribution in [2.45, 2.75) is 58.0 Å². The van der Waals surface area contributed by atoms with E-state index in [4.69, 9.17) is 18.9 Å². The molecule has 2 atom stereocenters. The molecular weight excluding hydrogens is 588 g/mol. The molecule has 0 aliphatic carbocycles. The molecule has 0 bridgehead atoms. The van der Waals surface area contributed by atoms with E-state index in [1.807, 2.05) is 38.7 Å². The van der Waals surface area contributed by atoms with Gasteiger partial charge in [-0.1, -0.05) is 11.1 Å². The van der Waals surface area contributed by atoms with Crippen molar-refractivity contribution in [3.63, 3.8) is 0 Å². The van der Waals surface area contributed by atoms with Crippen molar-refractivity contribution in [3.8, 4) is 23.0 Å². The zero-order chi connectivity index (χ0) is 32.4. The number of ether oxygens (including phenoxy) is 4. The van der Waals surface area contributed by atoms with Crippen LogP contribution >= 0.6 is 0 Å². The predicted molar refractivity (Wildman–Crippen MR) is 174 cm³/mol. The SMILES string of the molecule is COc1cc2c(cc1OCCC(CCO)CCOc1cc3c(cc1OC)C(=O)N1C=C(C)C[C@H]1C=N3)N=C[C@@H]1CC(C)=CN1C2=O. The molecular formula is C35H40N4O7. The molecule has 0 saturated heterocycles. The zero-order valence-corrected chi connectivity index (χ0v) is 26.7. The van der Waals surface area contributed by atoms with Crippen molar-refractivity contribution in [2.24, 2.45) is 15.9 Å². The lowest BCUT2D eigenvalue weighted by Gasteiger charge is -2.20. The second kappa shape index (κ2) is 13.4. The Kier molecular flexibility index (Phi) is 9.12. The number of rotatable bonds is 12. The summed E-state index contributed by atoms with van der Waals surface area (Å²) in [7, 11) is 3.10. The van der Waals surface area contributed by atoms with Gasteiger partial charge in [-0.15, -0.1) is 0 Å². The number of aliphatic hydroxyl groups excluding tert-OH is 1. The number of hydrogen-bond donors (Lipinski definition) is 1. The number of amides is 2. The van der Waals surface area contributed by atoms with E-state index in [0.717, 1.165) is 24.0 Å². The Morgan fingerprint density at radius 2 is 1.20 bits per heavy atom. The molecule has 4 aliphatic rings. The number of carbonyl (C=O) groups excluding carboxylic acids is 2. The van der Waals surface area contributed by atoms with Gasteiger partial charge in [0.15, 0.2) is 23.0 Å². The van der Waals surface area contributed by atoms with Crippen LogP contribution in [0.3, 0.4) is 0 Å². The molecule has 0 fully saturated rings. The molecule has 1 N–H and O–H groups in total. The van der Waals surface area contributed by atoms with Crippen LogP contribution in [-0.2, 0) is 0 Å². The standard InChI is InChI=1S/C35H40N4O7/c1-21-11-24-17-36-28-15-32(30(43-3)13-26(28)34(41)38(24)19-21)45-9-6-23(5-8-40)7-10-46-33-16-29-27(14-31(33)44-4)35(42)39-20-22(2)12-25(39)18-37-29/h13-20,23-25,40H,5-12H2,1-4H3/t24-,25-/m0/s1. The Morgan fingerprint density at radius 1 is 0.739 bits per heavy atom. The topological polar surface area (TPSA) is 122 Å². The number of nitrogens with zero attached hydrogens (tertiary/aromatic N) is 4. The summed E-state index contributed by atoms with van der Waals surface area (Å²) in [5.74, 6) is 1.84. The fourth-order valence-corrected chi connectivity index (χ4v) is 6.39. The van der Waals surface area contributed by atoms with E-state index in [-0.39, 0.29) is 36.4 Å². The highest BCUT2D eigenvalue weighted by atomic mass is 16.5. The summed E-state index contributed by atoms with van der Waals surface area (Å²) in [6.45, 7) is 4.81. The van der Waals surface area contributed by atoms with E-state index >= 15 is 0 Å². The highest BCUT2D eigenvalue weighted by molar-refractivity contribution is 6.05. The van der Waals surface area contributed by atoms with E-state index < -0.39 is 0 Å². The molecule has 242 valence electrons. The fraction of sp³-hybridized carbons (Fsp3) is 0.429. The molecule has 2 aromatic rings. The summed E-state index contributed by atoms with van der Waals surface area (Å²) in [5.41, 5.74) is 4.32. The van der Waals surface area contributed by atoms with Crippen LogP contribution in [0.1, 0.15) is 66.7 Å². The number of methoxy groups -OCH3 is 2. The fourth-order valence-electron chi connectivity index (χ4n) is 6.39. The molecule has 2 aromatic carbocycles. The summed E-state index contributed by atoms with van der Waals surface area (Å²) < 4.78 is 23.5. The quantitative estimate of drug-likeness (QED) is 0.324. The lowest BCUT2D eigenvalue weighted by atomic mass is 9.99. The second-order valence-electron chi connectivity index (χ2n) is 12.2. The maximum absolute atomic E-state index is 13.2. The number of aliphatic imine (C=N–C) groups is 2. The minimum absolute atomic E-state index is 0.0415. The van der Waals surface area contributed by atoms with Crippen molar-refractivity contribution in [3.05, 3.63) is 58.9 Å². The van der Waals surface area contributed by atoms with E-state index in [9.17, 15) is 14.7 Å². The number of fused-ring (bicyclic) bond motifs is 4. The number of benzene rings is 2. The molecule has 11 heteroatoms. The van der Waals surface area contributed by atoms with Gasteiger partial charge in [-0.2, -0.15) is 0 Å². The zero-order valence-electron chi connectivity index (χ0n) is 26.7. The Morgan fingerprint density at radius 3 is 1.61 bits per heavy atom. The molecule has 0 aromatic heterocycles. The lowest BCUT2D eigenvalue weighted by Crippen LogP contribution is -2.32. The van der Waals surface area contributed by atoms with Crippen LogP contribution in [0.5, 0.6) is 23.0 Å². The van der Waals surface area contributed by atoms with Gasteiger partial charge < -0.3 is 33.9 Å². The Bertz CT molecular complexity index is 1530. The van der Waals surface area contributed by atoms with Gasteiger partial charge in [0.05, 0.1) is 62.0 Å². The Balaban J connectivity index is 1.08. The van der Waals surface area contributed by atoms with Gasteiger partial charge in [-0.05, 0) is 64.0 Å². The monoisotopic (exact) mass is 628 g/mol. The second-order valence-corrected chi connectivity index (χ2v) is 12.2. The van der Waals surface area contributed by atoms with E-state index in [0.29, 0.717) is 78.0 Å². The molecule has 11 nitrogen and oxygen atoms in total. The summed E-state index contributed by atoms with van der Waals surface area (Å²) in [6.07, 6.45) is 10.8. The molecule has 4 aliphatic heterocycles. The van der Waals surface area contributed by atoms with Gasteiger partial charge in [0, 0.05) is 43.6 Å². The molecule has 0 spiro atoms. The summed E-state index contributed by atoms with van der Waals surface area (Å²) in [5, 5.41) is 9.74. The molecule has 0 unspecified atom stereocenters. The molecule has 0 radical (unpaired) electrons. The average Bonchev–Trinajstić information content (AvgIpc) is 3.56.